The Labute approximate surface area is 80.6 Å². The minimum absolute atomic E-state index is 0.752. The van der Waals surface area contributed by atoms with Crippen molar-refractivity contribution in [2.45, 2.75) is 33.6 Å². The Morgan fingerprint density at radius 2 is 1.92 bits per heavy atom. The van der Waals surface area contributed by atoms with E-state index in [0.717, 1.165) is 19.4 Å². The molecule has 0 bridgehead atoms. The molecule has 0 aromatic carbocycles. The van der Waals surface area contributed by atoms with Crippen LogP contribution in [-0.2, 0) is 0 Å². The highest BCUT2D eigenvalue weighted by molar-refractivity contribution is 6.13. The van der Waals surface area contributed by atoms with Crippen LogP contribution in [0.25, 0.3) is 0 Å². The van der Waals surface area contributed by atoms with Crippen LogP contribution in [0.2, 0.25) is 0 Å². The largest absolute Gasteiger partial charge is 0.230 e. The van der Waals surface area contributed by atoms with Gasteiger partial charge < -0.3 is 0 Å². The van der Waals surface area contributed by atoms with E-state index in [1.165, 1.54) is 11.1 Å². The quantitative estimate of drug-likeness (QED) is 0.514. The summed E-state index contributed by atoms with van der Waals surface area (Å²) in [7, 11) is 0. The molecule has 70 valence electrons. The molecule has 0 spiro atoms. The minimum atomic E-state index is 0.752. The summed E-state index contributed by atoms with van der Waals surface area (Å²) in [6, 6.07) is 0. The first kappa shape index (κ1) is 11.7. The fourth-order valence-corrected chi connectivity index (χ4v) is 0.981. The second-order valence-corrected chi connectivity index (χ2v) is 3.48. The fraction of sp³-hybridized carbons (Fsp3) is 0.600. The van der Waals surface area contributed by atoms with E-state index in [2.05, 4.69) is 37.8 Å². The SMILES string of the molecule is CC(C)=CCC/C(C)=C/CNCl. The van der Waals surface area contributed by atoms with Gasteiger partial charge in [-0.15, -0.1) is 0 Å². The molecule has 0 saturated carbocycles. The number of halogens is 1. The van der Waals surface area contributed by atoms with Gasteiger partial charge in [0.15, 0.2) is 0 Å². The van der Waals surface area contributed by atoms with Gasteiger partial charge in [0, 0.05) is 6.54 Å². The Morgan fingerprint density at radius 3 is 2.42 bits per heavy atom. The van der Waals surface area contributed by atoms with Crippen LogP contribution in [0.5, 0.6) is 0 Å². The second kappa shape index (κ2) is 7.38. The fourth-order valence-electron chi connectivity index (χ4n) is 0.903. The van der Waals surface area contributed by atoms with Crippen LogP contribution >= 0.6 is 11.8 Å². The zero-order valence-corrected chi connectivity index (χ0v) is 8.91. The molecule has 0 atom stereocenters. The Kier molecular flexibility index (Phi) is 7.22. The summed E-state index contributed by atoms with van der Waals surface area (Å²) < 4.78 is 0. The summed E-state index contributed by atoms with van der Waals surface area (Å²) in [4.78, 5) is 2.58. The molecule has 0 fully saturated rings. The maximum atomic E-state index is 5.32. The van der Waals surface area contributed by atoms with Crippen molar-refractivity contribution in [3.63, 3.8) is 0 Å². The van der Waals surface area contributed by atoms with Crippen molar-refractivity contribution in [2.24, 2.45) is 0 Å². The lowest BCUT2D eigenvalue weighted by Gasteiger charge is -1.97. The molecule has 2 heteroatoms. The zero-order chi connectivity index (χ0) is 9.40. The minimum Gasteiger partial charge on any atom is -0.230 e. The highest BCUT2D eigenvalue weighted by Crippen LogP contribution is 2.05. The molecule has 0 unspecified atom stereocenters. The molecule has 1 N–H and O–H groups in total. The van der Waals surface area contributed by atoms with Gasteiger partial charge in [-0.05, 0) is 45.4 Å². The standard InChI is InChI=1S/C10H18ClN/c1-9(2)5-4-6-10(3)7-8-12-11/h5,7,12H,4,6,8H2,1-3H3/b10-7+. The van der Waals surface area contributed by atoms with E-state index in [9.17, 15) is 0 Å². The lowest BCUT2D eigenvalue weighted by Crippen LogP contribution is -1.96. The highest BCUT2D eigenvalue weighted by Gasteiger charge is 1.87. The van der Waals surface area contributed by atoms with Gasteiger partial charge in [0.25, 0.3) is 0 Å². The van der Waals surface area contributed by atoms with Crippen molar-refractivity contribution < 1.29 is 0 Å². The van der Waals surface area contributed by atoms with Crippen LogP contribution in [0.15, 0.2) is 23.3 Å². The molecule has 0 saturated heterocycles. The van der Waals surface area contributed by atoms with Crippen molar-refractivity contribution in [2.75, 3.05) is 6.54 Å². The van der Waals surface area contributed by atoms with E-state index in [1.54, 1.807) is 0 Å². The van der Waals surface area contributed by atoms with E-state index in [1.807, 2.05) is 0 Å². The first-order valence-corrected chi connectivity index (χ1v) is 4.67. The lowest BCUT2D eigenvalue weighted by molar-refractivity contribution is 0.948. The summed E-state index contributed by atoms with van der Waals surface area (Å²) in [6.45, 7) is 7.13. The smallest absolute Gasteiger partial charge is 0.0291 e. The number of rotatable bonds is 5. The second-order valence-electron chi connectivity index (χ2n) is 3.21. The molecule has 0 aromatic rings. The predicted octanol–water partition coefficient (Wildman–Crippen LogP) is 3.42. The van der Waals surface area contributed by atoms with E-state index >= 15 is 0 Å². The van der Waals surface area contributed by atoms with E-state index in [-0.39, 0.29) is 0 Å². The van der Waals surface area contributed by atoms with Crippen LogP contribution in [0.1, 0.15) is 33.6 Å². The van der Waals surface area contributed by atoms with E-state index in [0.29, 0.717) is 0 Å². The molecule has 0 aliphatic heterocycles. The first-order chi connectivity index (χ1) is 5.66. The van der Waals surface area contributed by atoms with E-state index in [4.69, 9.17) is 11.8 Å². The first-order valence-electron chi connectivity index (χ1n) is 4.29. The predicted molar refractivity (Wildman–Crippen MR) is 56.3 cm³/mol. The number of allylic oxidation sites excluding steroid dienone is 3. The molecule has 0 amide bonds. The van der Waals surface area contributed by atoms with E-state index < -0.39 is 0 Å². The van der Waals surface area contributed by atoms with Gasteiger partial charge in [-0.1, -0.05) is 23.3 Å². The van der Waals surface area contributed by atoms with Crippen LogP contribution in [0.4, 0.5) is 0 Å². The molecule has 0 aliphatic carbocycles. The van der Waals surface area contributed by atoms with Crippen LogP contribution < -0.4 is 4.84 Å². The lowest BCUT2D eigenvalue weighted by atomic mass is 10.1. The van der Waals surface area contributed by atoms with Crippen molar-refractivity contribution in [1.82, 2.24) is 4.84 Å². The summed E-state index contributed by atoms with van der Waals surface area (Å²) in [5.74, 6) is 0. The Balaban J connectivity index is 3.56. The third kappa shape index (κ3) is 7.83. The number of hydrogen-bond acceptors (Lipinski definition) is 1. The van der Waals surface area contributed by atoms with Gasteiger partial charge >= 0.3 is 0 Å². The molecule has 0 aromatic heterocycles. The maximum Gasteiger partial charge on any atom is 0.0291 e. The molecule has 0 radical (unpaired) electrons. The van der Waals surface area contributed by atoms with Crippen LogP contribution in [-0.4, -0.2) is 6.54 Å². The van der Waals surface area contributed by atoms with Gasteiger partial charge in [0.2, 0.25) is 0 Å². The molecule has 0 rings (SSSR count). The zero-order valence-electron chi connectivity index (χ0n) is 8.15. The molecule has 1 nitrogen and oxygen atoms in total. The monoisotopic (exact) mass is 187 g/mol. The molecule has 12 heavy (non-hydrogen) atoms. The summed E-state index contributed by atoms with van der Waals surface area (Å²) in [5, 5.41) is 0. The van der Waals surface area contributed by atoms with Crippen LogP contribution in [0, 0.1) is 0 Å². The average Bonchev–Trinajstić information content (AvgIpc) is 2.00. The summed E-state index contributed by atoms with van der Waals surface area (Å²) in [5.41, 5.74) is 2.78. The average molecular weight is 188 g/mol. The number of hydrogen-bond donors (Lipinski definition) is 1. The summed E-state index contributed by atoms with van der Waals surface area (Å²) in [6.07, 6.45) is 6.63. The molecular weight excluding hydrogens is 170 g/mol. The Hall–Kier alpha value is -0.270. The van der Waals surface area contributed by atoms with Gasteiger partial charge in [-0.3, -0.25) is 0 Å². The summed E-state index contributed by atoms with van der Waals surface area (Å²) >= 11 is 5.32. The van der Waals surface area contributed by atoms with Gasteiger partial charge in [0.05, 0.1) is 0 Å². The highest BCUT2D eigenvalue weighted by atomic mass is 35.5. The topological polar surface area (TPSA) is 12.0 Å². The number of nitrogens with one attached hydrogen (secondary N) is 1. The van der Waals surface area contributed by atoms with Gasteiger partial charge in [0.1, 0.15) is 0 Å². The van der Waals surface area contributed by atoms with Crippen molar-refractivity contribution in [1.29, 1.82) is 0 Å². The molecule has 0 aliphatic rings. The Bertz CT molecular complexity index is 167. The Morgan fingerprint density at radius 1 is 1.25 bits per heavy atom. The maximum absolute atomic E-state index is 5.32. The van der Waals surface area contributed by atoms with Crippen molar-refractivity contribution in [3.05, 3.63) is 23.3 Å². The van der Waals surface area contributed by atoms with Gasteiger partial charge in [-0.25, -0.2) is 4.84 Å². The van der Waals surface area contributed by atoms with Crippen molar-refractivity contribution in [3.8, 4) is 0 Å². The normalized spacial score (nSPS) is 11.5. The third-order valence-corrected chi connectivity index (χ3v) is 1.77. The van der Waals surface area contributed by atoms with Crippen molar-refractivity contribution >= 4 is 11.8 Å². The van der Waals surface area contributed by atoms with Gasteiger partial charge in [-0.2, -0.15) is 0 Å². The third-order valence-electron chi connectivity index (χ3n) is 1.62. The molecule has 0 heterocycles. The molecular formula is C10H18ClN. The van der Waals surface area contributed by atoms with Crippen LogP contribution in [0.3, 0.4) is 0 Å².